The minimum atomic E-state index is 0.507. The smallest absolute Gasteiger partial charge is 0.0184 e. The Balaban J connectivity index is 2.56. The Hall–Kier alpha value is -0.150. The fraction of sp³-hybridized carbons (Fsp3) is 0.800. The second-order valence-electron chi connectivity index (χ2n) is 3.96. The van der Waals surface area contributed by atoms with E-state index in [9.17, 15) is 0 Å². The number of nitrogens with zero attached hydrogens (tertiary/aromatic N) is 1. The fourth-order valence-electron chi connectivity index (χ4n) is 2.05. The van der Waals surface area contributed by atoms with Crippen LogP contribution in [0, 0.1) is 5.92 Å². The maximum absolute atomic E-state index is 4.51. The number of hydrogen-bond acceptors (Lipinski definition) is 3. The highest BCUT2D eigenvalue weighted by Gasteiger charge is 2.32. The van der Waals surface area contributed by atoms with E-state index in [4.69, 9.17) is 0 Å². The van der Waals surface area contributed by atoms with Crippen LogP contribution in [0.3, 0.4) is 0 Å². The zero-order chi connectivity index (χ0) is 10.0. The number of rotatable bonds is 3. The van der Waals surface area contributed by atoms with Crippen LogP contribution in [0.25, 0.3) is 0 Å². The van der Waals surface area contributed by atoms with Gasteiger partial charge >= 0.3 is 0 Å². The van der Waals surface area contributed by atoms with Crippen LogP contribution in [0.1, 0.15) is 13.3 Å². The van der Waals surface area contributed by atoms with E-state index in [2.05, 4.69) is 43.4 Å². The van der Waals surface area contributed by atoms with Crippen LogP contribution in [0.2, 0.25) is 0 Å². The van der Waals surface area contributed by atoms with E-state index in [1.54, 1.807) is 0 Å². The summed E-state index contributed by atoms with van der Waals surface area (Å²) in [5.41, 5.74) is 1.12. The van der Waals surface area contributed by atoms with Crippen molar-refractivity contribution in [1.82, 2.24) is 10.2 Å². The molecule has 0 aliphatic carbocycles. The molecule has 76 valence electrons. The summed E-state index contributed by atoms with van der Waals surface area (Å²) in [7, 11) is 4.10. The highest BCUT2D eigenvalue weighted by atomic mass is 32.1. The molecule has 1 N–H and O–H groups in total. The van der Waals surface area contributed by atoms with E-state index in [0.717, 1.165) is 12.2 Å². The van der Waals surface area contributed by atoms with Crippen LogP contribution in [-0.4, -0.2) is 36.8 Å². The van der Waals surface area contributed by atoms with Crippen molar-refractivity contribution >= 4 is 12.6 Å². The van der Waals surface area contributed by atoms with Crippen molar-refractivity contribution in [1.29, 1.82) is 0 Å². The van der Waals surface area contributed by atoms with Gasteiger partial charge in [-0.2, -0.15) is 12.6 Å². The molecule has 1 rings (SSSR count). The fourth-order valence-corrected chi connectivity index (χ4v) is 2.52. The first-order valence-corrected chi connectivity index (χ1v) is 5.32. The van der Waals surface area contributed by atoms with E-state index in [1.807, 2.05) is 7.05 Å². The van der Waals surface area contributed by atoms with Crippen molar-refractivity contribution in [2.24, 2.45) is 5.92 Å². The van der Waals surface area contributed by atoms with Crippen molar-refractivity contribution < 1.29 is 0 Å². The van der Waals surface area contributed by atoms with E-state index in [0.29, 0.717) is 17.2 Å². The van der Waals surface area contributed by atoms with E-state index in [1.165, 1.54) is 6.42 Å². The van der Waals surface area contributed by atoms with Gasteiger partial charge < -0.3 is 10.2 Å². The Morgan fingerprint density at radius 2 is 2.31 bits per heavy atom. The number of hydrogen-bond donors (Lipinski definition) is 2. The molecule has 0 amide bonds. The summed E-state index contributed by atoms with van der Waals surface area (Å²) in [4.78, 5) is 2.38. The molecule has 2 nitrogen and oxygen atoms in total. The van der Waals surface area contributed by atoms with Gasteiger partial charge in [-0.25, -0.2) is 0 Å². The summed E-state index contributed by atoms with van der Waals surface area (Å²) in [6.07, 6.45) is 1.17. The summed E-state index contributed by atoms with van der Waals surface area (Å²) in [6.45, 7) is 7.33. The summed E-state index contributed by atoms with van der Waals surface area (Å²) in [6, 6.07) is 0.599. The Labute approximate surface area is 86.8 Å². The molecule has 0 spiro atoms. The minimum absolute atomic E-state index is 0.507. The number of thiol groups is 1. The highest BCUT2D eigenvalue weighted by Crippen LogP contribution is 2.27. The lowest BCUT2D eigenvalue weighted by Crippen LogP contribution is -2.34. The van der Waals surface area contributed by atoms with E-state index < -0.39 is 0 Å². The Morgan fingerprint density at radius 1 is 1.69 bits per heavy atom. The van der Waals surface area contributed by atoms with Crippen LogP contribution < -0.4 is 5.32 Å². The maximum Gasteiger partial charge on any atom is 0.0184 e. The van der Waals surface area contributed by atoms with Gasteiger partial charge in [-0.3, -0.25) is 0 Å². The molecule has 1 aliphatic heterocycles. The van der Waals surface area contributed by atoms with Gasteiger partial charge in [-0.05, 0) is 13.5 Å². The summed E-state index contributed by atoms with van der Waals surface area (Å²) < 4.78 is 0. The van der Waals surface area contributed by atoms with Crippen molar-refractivity contribution in [3.05, 3.63) is 12.3 Å². The van der Waals surface area contributed by atoms with Gasteiger partial charge in [-0.15, -0.1) is 0 Å². The average Bonchev–Trinajstić information content (AvgIpc) is 2.42. The van der Waals surface area contributed by atoms with Crippen LogP contribution in [0.15, 0.2) is 12.3 Å². The van der Waals surface area contributed by atoms with E-state index in [-0.39, 0.29) is 0 Å². The molecule has 1 saturated heterocycles. The second kappa shape index (κ2) is 4.38. The SMILES string of the molecule is C=C(NC)C(C)C1CC(S)CN1C. The van der Waals surface area contributed by atoms with Gasteiger partial charge in [-0.1, -0.05) is 13.5 Å². The molecular formula is C10H20N2S. The molecule has 3 atom stereocenters. The Bertz CT molecular complexity index is 193. The first kappa shape index (κ1) is 10.9. The third-order valence-electron chi connectivity index (χ3n) is 3.03. The molecule has 0 bridgehead atoms. The van der Waals surface area contributed by atoms with Gasteiger partial charge in [0, 0.05) is 36.5 Å². The number of nitrogens with one attached hydrogen (secondary N) is 1. The van der Waals surface area contributed by atoms with Crippen LogP contribution in [-0.2, 0) is 0 Å². The summed E-state index contributed by atoms with van der Waals surface area (Å²) in [5.74, 6) is 0.507. The van der Waals surface area contributed by atoms with Crippen molar-refractivity contribution in [3.8, 4) is 0 Å². The van der Waals surface area contributed by atoms with Crippen LogP contribution in [0.5, 0.6) is 0 Å². The summed E-state index contributed by atoms with van der Waals surface area (Å²) in [5, 5.41) is 3.66. The molecule has 13 heavy (non-hydrogen) atoms. The molecule has 3 unspecified atom stereocenters. The van der Waals surface area contributed by atoms with Crippen molar-refractivity contribution in [2.45, 2.75) is 24.6 Å². The molecule has 1 heterocycles. The van der Waals surface area contributed by atoms with Crippen molar-refractivity contribution in [3.63, 3.8) is 0 Å². The van der Waals surface area contributed by atoms with Gasteiger partial charge in [0.2, 0.25) is 0 Å². The number of likely N-dealkylation sites (tertiary alicyclic amines) is 1. The van der Waals surface area contributed by atoms with Crippen LogP contribution >= 0.6 is 12.6 Å². The monoisotopic (exact) mass is 200 g/mol. The van der Waals surface area contributed by atoms with Gasteiger partial charge in [0.05, 0.1) is 0 Å². The second-order valence-corrected chi connectivity index (χ2v) is 4.69. The van der Waals surface area contributed by atoms with Crippen molar-refractivity contribution in [2.75, 3.05) is 20.6 Å². The van der Waals surface area contributed by atoms with Gasteiger partial charge in [0.15, 0.2) is 0 Å². The average molecular weight is 200 g/mol. The predicted octanol–water partition coefficient (Wildman–Crippen LogP) is 1.36. The third-order valence-corrected chi connectivity index (χ3v) is 3.40. The zero-order valence-electron chi connectivity index (χ0n) is 8.75. The van der Waals surface area contributed by atoms with Crippen LogP contribution in [0.4, 0.5) is 0 Å². The lowest BCUT2D eigenvalue weighted by Gasteiger charge is -2.27. The minimum Gasteiger partial charge on any atom is -0.392 e. The third kappa shape index (κ3) is 2.41. The lowest BCUT2D eigenvalue weighted by atomic mass is 9.97. The molecule has 0 radical (unpaired) electrons. The quantitative estimate of drug-likeness (QED) is 0.669. The standard InChI is InChI=1S/C10H20N2S/c1-7(8(2)11-3)10-5-9(13)6-12(10)4/h7,9-11,13H,2,5-6H2,1,3-4H3. The molecule has 3 heteroatoms. The first-order chi connectivity index (χ1) is 6.06. The van der Waals surface area contributed by atoms with Gasteiger partial charge in [0.1, 0.15) is 0 Å². The molecule has 0 saturated carbocycles. The summed E-state index contributed by atoms with van der Waals surface area (Å²) >= 11 is 4.51. The topological polar surface area (TPSA) is 15.3 Å². The maximum atomic E-state index is 4.51. The molecule has 1 fully saturated rings. The predicted molar refractivity (Wildman–Crippen MR) is 61.2 cm³/mol. The molecule has 0 aromatic rings. The van der Waals surface area contributed by atoms with Gasteiger partial charge in [0.25, 0.3) is 0 Å². The molecular weight excluding hydrogens is 180 g/mol. The van der Waals surface area contributed by atoms with E-state index >= 15 is 0 Å². The zero-order valence-corrected chi connectivity index (χ0v) is 9.64. The highest BCUT2D eigenvalue weighted by molar-refractivity contribution is 7.81. The largest absolute Gasteiger partial charge is 0.392 e. The normalized spacial score (nSPS) is 31.7. The molecule has 0 aromatic heterocycles. The first-order valence-electron chi connectivity index (χ1n) is 4.81. The Kier molecular flexibility index (Phi) is 3.68. The lowest BCUT2D eigenvalue weighted by molar-refractivity contribution is 0.255. The molecule has 0 aromatic carbocycles. The molecule has 1 aliphatic rings. The Morgan fingerprint density at radius 3 is 2.69 bits per heavy atom.